The molecule has 0 amide bonds. The maximum absolute atomic E-state index is 5.54. The highest BCUT2D eigenvalue weighted by atomic mass is 16.5. The first-order chi connectivity index (χ1) is 9.19. The Labute approximate surface area is 112 Å². The van der Waals surface area contributed by atoms with Gasteiger partial charge < -0.3 is 15.2 Å². The minimum atomic E-state index is 0.593. The maximum atomic E-state index is 5.54. The van der Waals surface area contributed by atoms with Crippen LogP contribution in [0.4, 0.5) is 0 Å². The Morgan fingerprint density at radius 1 is 1.16 bits per heavy atom. The molecule has 5 nitrogen and oxygen atoms in total. The fourth-order valence-electron chi connectivity index (χ4n) is 2.03. The Balaban J connectivity index is 2.46. The van der Waals surface area contributed by atoms with Crippen LogP contribution in [-0.2, 0) is 6.42 Å². The fraction of sp³-hybridized carbons (Fsp3) is 0.357. The molecular formula is C14H19N3O2. The van der Waals surface area contributed by atoms with Crippen molar-refractivity contribution in [2.45, 2.75) is 13.3 Å². The number of ether oxygens (including phenoxy) is 2. The van der Waals surface area contributed by atoms with Crippen molar-refractivity contribution in [1.29, 1.82) is 0 Å². The number of nitrogens with zero attached hydrogens (tertiary/aromatic N) is 1. The molecular weight excluding hydrogens is 242 g/mol. The molecule has 0 bridgehead atoms. The molecule has 0 aliphatic rings. The third-order valence-electron chi connectivity index (χ3n) is 3.04. The van der Waals surface area contributed by atoms with E-state index in [4.69, 9.17) is 15.2 Å². The van der Waals surface area contributed by atoms with Crippen LogP contribution in [0.2, 0.25) is 0 Å². The molecule has 0 spiro atoms. The second kappa shape index (κ2) is 5.75. The highest BCUT2D eigenvalue weighted by Gasteiger charge is 2.13. The number of nitrogens with two attached hydrogens (primary N) is 1. The van der Waals surface area contributed by atoms with E-state index in [2.05, 4.69) is 10.2 Å². The number of aryl methyl sites for hydroxylation is 1. The summed E-state index contributed by atoms with van der Waals surface area (Å²) in [4.78, 5) is 0. The van der Waals surface area contributed by atoms with Gasteiger partial charge in [-0.1, -0.05) is 0 Å². The van der Waals surface area contributed by atoms with Gasteiger partial charge in [-0.05, 0) is 37.2 Å². The van der Waals surface area contributed by atoms with Gasteiger partial charge in [0.25, 0.3) is 0 Å². The van der Waals surface area contributed by atoms with Gasteiger partial charge in [0.1, 0.15) is 11.5 Å². The molecule has 1 aromatic carbocycles. The number of H-pyrrole nitrogens is 1. The number of aromatic nitrogens is 2. The summed E-state index contributed by atoms with van der Waals surface area (Å²) >= 11 is 0. The number of benzene rings is 1. The number of hydrogen-bond acceptors (Lipinski definition) is 4. The Morgan fingerprint density at radius 3 is 2.53 bits per heavy atom. The van der Waals surface area contributed by atoms with Gasteiger partial charge in [-0.3, -0.25) is 5.10 Å². The van der Waals surface area contributed by atoms with Crippen molar-refractivity contribution in [3.8, 4) is 22.8 Å². The molecule has 0 saturated heterocycles. The van der Waals surface area contributed by atoms with Gasteiger partial charge in [0.15, 0.2) is 0 Å². The van der Waals surface area contributed by atoms with Crippen molar-refractivity contribution >= 4 is 0 Å². The van der Waals surface area contributed by atoms with Gasteiger partial charge >= 0.3 is 0 Å². The first-order valence-electron chi connectivity index (χ1n) is 6.17. The average molecular weight is 261 g/mol. The molecule has 2 aromatic rings. The van der Waals surface area contributed by atoms with Crippen LogP contribution in [0.25, 0.3) is 11.3 Å². The molecule has 0 radical (unpaired) electrons. The van der Waals surface area contributed by atoms with Crippen molar-refractivity contribution in [2.24, 2.45) is 5.73 Å². The van der Waals surface area contributed by atoms with Crippen molar-refractivity contribution in [3.63, 3.8) is 0 Å². The van der Waals surface area contributed by atoms with Crippen LogP contribution >= 0.6 is 0 Å². The quantitative estimate of drug-likeness (QED) is 0.862. The smallest absolute Gasteiger partial charge is 0.128 e. The minimum Gasteiger partial charge on any atom is -0.496 e. The maximum Gasteiger partial charge on any atom is 0.128 e. The third kappa shape index (κ3) is 2.71. The Hall–Kier alpha value is -2.01. The molecule has 5 heteroatoms. The van der Waals surface area contributed by atoms with Gasteiger partial charge in [-0.2, -0.15) is 5.10 Å². The SMILES string of the molecule is COc1cc(-c2cc(CCN)[nH]n2)c(OC)cc1C. The number of hydrogen-bond donors (Lipinski definition) is 2. The van der Waals surface area contributed by atoms with Crippen LogP contribution in [-0.4, -0.2) is 31.0 Å². The highest BCUT2D eigenvalue weighted by molar-refractivity contribution is 5.70. The normalized spacial score (nSPS) is 10.5. The minimum absolute atomic E-state index is 0.593. The Morgan fingerprint density at radius 2 is 1.89 bits per heavy atom. The van der Waals surface area contributed by atoms with E-state index in [1.807, 2.05) is 25.1 Å². The molecule has 0 atom stereocenters. The largest absolute Gasteiger partial charge is 0.496 e. The van der Waals surface area contributed by atoms with Gasteiger partial charge in [-0.25, -0.2) is 0 Å². The van der Waals surface area contributed by atoms with Crippen LogP contribution in [0.3, 0.4) is 0 Å². The predicted molar refractivity (Wildman–Crippen MR) is 74.6 cm³/mol. The number of nitrogens with one attached hydrogen (secondary N) is 1. The lowest BCUT2D eigenvalue weighted by Crippen LogP contribution is -2.02. The average Bonchev–Trinajstić information content (AvgIpc) is 2.87. The Kier molecular flexibility index (Phi) is 4.06. The molecule has 0 unspecified atom stereocenters. The summed E-state index contributed by atoms with van der Waals surface area (Å²) in [5.41, 5.74) is 9.32. The monoisotopic (exact) mass is 261 g/mol. The summed E-state index contributed by atoms with van der Waals surface area (Å²) < 4.78 is 10.8. The molecule has 1 heterocycles. The van der Waals surface area contributed by atoms with E-state index in [0.29, 0.717) is 6.54 Å². The molecule has 102 valence electrons. The lowest BCUT2D eigenvalue weighted by atomic mass is 10.1. The second-order valence-electron chi connectivity index (χ2n) is 4.34. The summed E-state index contributed by atoms with van der Waals surface area (Å²) in [7, 11) is 3.31. The molecule has 1 aromatic heterocycles. The third-order valence-corrected chi connectivity index (χ3v) is 3.04. The summed E-state index contributed by atoms with van der Waals surface area (Å²) in [5.74, 6) is 1.60. The van der Waals surface area contributed by atoms with Crippen LogP contribution in [0, 0.1) is 6.92 Å². The lowest BCUT2D eigenvalue weighted by Gasteiger charge is -2.11. The fourth-order valence-corrected chi connectivity index (χ4v) is 2.03. The summed E-state index contributed by atoms with van der Waals surface area (Å²) in [5, 5.41) is 7.28. The van der Waals surface area contributed by atoms with Gasteiger partial charge in [0.2, 0.25) is 0 Å². The molecule has 0 fully saturated rings. The molecule has 0 aliphatic heterocycles. The van der Waals surface area contributed by atoms with E-state index in [1.54, 1.807) is 14.2 Å². The van der Waals surface area contributed by atoms with Crippen LogP contribution in [0.5, 0.6) is 11.5 Å². The topological polar surface area (TPSA) is 73.2 Å². The first kappa shape index (κ1) is 13.4. The van der Waals surface area contributed by atoms with Crippen LogP contribution in [0.1, 0.15) is 11.3 Å². The van der Waals surface area contributed by atoms with E-state index < -0.39 is 0 Å². The molecule has 3 N–H and O–H groups in total. The van der Waals surface area contributed by atoms with Crippen LogP contribution in [0.15, 0.2) is 18.2 Å². The highest BCUT2D eigenvalue weighted by Crippen LogP contribution is 2.35. The number of methoxy groups -OCH3 is 2. The zero-order valence-electron chi connectivity index (χ0n) is 11.5. The van der Waals surface area contributed by atoms with Crippen molar-refractivity contribution in [1.82, 2.24) is 10.2 Å². The van der Waals surface area contributed by atoms with E-state index in [9.17, 15) is 0 Å². The van der Waals surface area contributed by atoms with E-state index >= 15 is 0 Å². The number of aromatic amines is 1. The Bertz CT molecular complexity index is 564. The van der Waals surface area contributed by atoms with E-state index in [-0.39, 0.29) is 0 Å². The van der Waals surface area contributed by atoms with Gasteiger partial charge in [0, 0.05) is 17.7 Å². The molecule has 0 aliphatic carbocycles. The zero-order valence-corrected chi connectivity index (χ0v) is 11.5. The predicted octanol–water partition coefficient (Wildman–Crippen LogP) is 1.90. The summed E-state index contributed by atoms with van der Waals surface area (Å²) in [6.07, 6.45) is 0.776. The number of rotatable bonds is 5. The summed E-state index contributed by atoms with van der Waals surface area (Å²) in [6.45, 7) is 2.57. The molecule has 2 rings (SSSR count). The lowest BCUT2D eigenvalue weighted by molar-refractivity contribution is 0.401. The van der Waals surface area contributed by atoms with Gasteiger partial charge in [0.05, 0.1) is 19.9 Å². The van der Waals surface area contributed by atoms with Crippen LogP contribution < -0.4 is 15.2 Å². The molecule has 19 heavy (non-hydrogen) atoms. The van der Waals surface area contributed by atoms with Crippen molar-refractivity contribution < 1.29 is 9.47 Å². The first-order valence-corrected chi connectivity index (χ1v) is 6.17. The standard InChI is InChI=1S/C14H19N3O2/c1-9-6-14(19-3)11(8-13(9)18-2)12-7-10(4-5-15)16-17-12/h6-8H,4-5,15H2,1-3H3,(H,16,17). The zero-order chi connectivity index (χ0) is 13.8. The van der Waals surface area contributed by atoms with E-state index in [1.165, 1.54) is 0 Å². The summed E-state index contributed by atoms with van der Waals surface area (Å²) in [6, 6.07) is 5.88. The van der Waals surface area contributed by atoms with Crippen molar-refractivity contribution in [3.05, 3.63) is 29.5 Å². The van der Waals surface area contributed by atoms with Gasteiger partial charge in [-0.15, -0.1) is 0 Å². The molecule has 0 saturated carbocycles. The second-order valence-corrected chi connectivity index (χ2v) is 4.34. The van der Waals surface area contributed by atoms with Crippen molar-refractivity contribution in [2.75, 3.05) is 20.8 Å². The van der Waals surface area contributed by atoms with E-state index in [0.717, 1.165) is 40.4 Å².